The minimum absolute atomic E-state index is 0.0204. The molecule has 0 bridgehead atoms. The van der Waals surface area contributed by atoms with Crippen LogP contribution >= 0.6 is 11.6 Å². The molecular weight excluding hydrogens is 322 g/mol. The molecule has 1 aliphatic heterocycles. The highest BCUT2D eigenvalue weighted by atomic mass is 35.5. The molecule has 1 saturated heterocycles. The third kappa shape index (κ3) is 4.44. The van der Waals surface area contributed by atoms with Crippen LogP contribution in [0.15, 0.2) is 6.33 Å². The van der Waals surface area contributed by atoms with Crippen molar-refractivity contribution in [1.29, 1.82) is 0 Å². The van der Waals surface area contributed by atoms with Crippen LogP contribution in [0.1, 0.15) is 37.7 Å². The number of ether oxygens (including phenoxy) is 1. The van der Waals surface area contributed by atoms with Crippen LogP contribution in [0.5, 0.6) is 0 Å². The number of carbonyl (C=O) groups is 2. The van der Waals surface area contributed by atoms with Gasteiger partial charge in [-0.3, -0.25) is 4.79 Å². The van der Waals surface area contributed by atoms with Gasteiger partial charge in [-0.2, -0.15) is 0 Å². The molecule has 1 aliphatic rings. The first kappa shape index (κ1) is 17.3. The zero-order valence-corrected chi connectivity index (χ0v) is 14.1. The second-order valence-corrected chi connectivity index (χ2v) is 6.68. The van der Waals surface area contributed by atoms with E-state index in [9.17, 15) is 9.59 Å². The van der Waals surface area contributed by atoms with E-state index in [0.717, 1.165) is 0 Å². The van der Waals surface area contributed by atoms with Gasteiger partial charge in [0, 0.05) is 19.1 Å². The molecule has 1 atom stereocenters. The van der Waals surface area contributed by atoms with Gasteiger partial charge in [0.1, 0.15) is 22.8 Å². The third-order valence-electron chi connectivity index (χ3n) is 3.21. The van der Waals surface area contributed by atoms with E-state index in [0.29, 0.717) is 19.5 Å². The fourth-order valence-corrected chi connectivity index (χ4v) is 2.35. The van der Waals surface area contributed by atoms with Crippen molar-refractivity contribution in [1.82, 2.24) is 20.2 Å². The maximum absolute atomic E-state index is 12.2. The normalized spacial score (nSPS) is 17.9. The minimum Gasteiger partial charge on any atom is -0.444 e. The highest BCUT2D eigenvalue weighted by Gasteiger charge is 2.31. The quantitative estimate of drug-likeness (QED) is 0.842. The molecule has 0 aromatic carbocycles. The van der Waals surface area contributed by atoms with Crippen molar-refractivity contribution < 1.29 is 14.3 Å². The summed E-state index contributed by atoms with van der Waals surface area (Å²) < 4.78 is 5.31. The third-order valence-corrected chi connectivity index (χ3v) is 3.58. The first-order chi connectivity index (χ1) is 10.7. The molecule has 0 spiro atoms. The molecule has 2 amide bonds. The van der Waals surface area contributed by atoms with Gasteiger partial charge in [0.15, 0.2) is 5.69 Å². The van der Waals surface area contributed by atoms with Gasteiger partial charge in [-0.05, 0) is 27.2 Å². The number of nitrogens with zero attached hydrogens (tertiary/aromatic N) is 3. The Kier molecular flexibility index (Phi) is 4.93. The van der Waals surface area contributed by atoms with Gasteiger partial charge in [-0.25, -0.2) is 14.8 Å². The van der Waals surface area contributed by atoms with E-state index >= 15 is 0 Å². The Morgan fingerprint density at radius 1 is 1.43 bits per heavy atom. The molecule has 1 aromatic heterocycles. The van der Waals surface area contributed by atoms with Crippen LogP contribution in [-0.4, -0.2) is 51.6 Å². The maximum atomic E-state index is 12.2. The van der Waals surface area contributed by atoms with Crippen LogP contribution in [0.25, 0.3) is 0 Å². The molecule has 0 saturated carbocycles. The van der Waals surface area contributed by atoms with Crippen molar-refractivity contribution in [2.45, 2.75) is 38.8 Å². The monoisotopic (exact) mass is 341 g/mol. The number of rotatable bonds is 2. The number of hydrogen-bond acceptors (Lipinski definition) is 6. The summed E-state index contributed by atoms with van der Waals surface area (Å²) >= 11 is 5.93. The Morgan fingerprint density at radius 3 is 2.78 bits per heavy atom. The van der Waals surface area contributed by atoms with E-state index in [1.807, 2.05) is 20.8 Å². The average Bonchev–Trinajstić information content (AvgIpc) is 2.88. The Hall–Kier alpha value is -2.09. The molecule has 2 rings (SSSR count). The number of nitrogen functional groups attached to an aromatic ring is 1. The van der Waals surface area contributed by atoms with Gasteiger partial charge in [-0.1, -0.05) is 11.6 Å². The predicted octanol–water partition coefficient (Wildman–Crippen LogP) is 1.45. The molecule has 0 unspecified atom stereocenters. The molecule has 0 aliphatic carbocycles. The van der Waals surface area contributed by atoms with Crippen LogP contribution in [0.4, 0.5) is 10.6 Å². The first-order valence-electron chi connectivity index (χ1n) is 7.22. The number of hydrogen-bond donors (Lipinski definition) is 2. The van der Waals surface area contributed by atoms with Crippen molar-refractivity contribution in [3.05, 3.63) is 17.0 Å². The van der Waals surface area contributed by atoms with Crippen molar-refractivity contribution >= 4 is 29.4 Å². The molecule has 2 heterocycles. The molecule has 0 radical (unpaired) electrons. The fourth-order valence-electron chi connectivity index (χ4n) is 2.17. The number of carbonyl (C=O) groups excluding carboxylic acids is 2. The summed E-state index contributed by atoms with van der Waals surface area (Å²) in [7, 11) is 0. The number of aromatic nitrogens is 2. The van der Waals surface area contributed by atoms with Crippen LogP contribution in [0, 0.1) is 0 Å². The van der Waals surface area contributed by atoms with Gasteiger partial charge in [0.05, 0.1) is 0 Å². The smallest absolute Gasteiger partial charge is 0.410 e. The van der Waals surface area contributed by atoms with E-state index in [-0.39, 0.29) is 22.6 Å². The standard InChI is InChI=1S/C14H20ClN5O3/c1-14(2,3)23-13(22)20-5-4-8(6-20)19-12(21)10-9(15)11(16)18-7-17-10/h7-8H,4-6H2,1-3H3,(H,19,21)(H2,16,17,18)/t8-/m0/s1. The van der Waals surface area contributed by atoms with Gasteiger partial charge in [-0.15, -0.1) is 0 Å². The minimum atomic E-state index is -0.551. The van der Waals surface area contributed by atoms with Crippen LogP contribution in [0.3, 0.4) is 0 Å². The van der Waals surface area contributed by atoms with E-state index in [4.69, 9.17) is 22.1 Å². The largest absolute Gasteiger partial charge is 0.444 e. The molecule has 8 nitrogen and oxygen atoms in total. The predicted molar refractivity (Wildman–Crippen MR) is 85.1 cm³/mol. The fraction of sp³-hybridized carbons (Fsp3) is 0.571. The SMILES string of the molecule is CC(C)(C)OC(=O)N1CC[C@H](NC(=O)c2ncnc(N)c2Cl)C1. The second-order valence-electron chi connectivity index (χ2n) is 6.31. The first-order valence-corrected chi connectivity index (χ1v) is 7.60. The molecule has 23 heavy (non-hydrogen) atoms. The Balaban J connectivity index is 1.94. The Labute approximate surface area is 139 Å². The lowest BCUT2D eigenvalue weighted by molar-refractivity contribution is 0.0290. The highest BCUT2D eigenvalue weighted by molar-refractivity contribution is 6.35. The van der Waals surface area contributed by atoms with Crippen molar-refractivity contribution in [2.24, 2.45) is 0 Å². The number of nitrogens with two attached hydrogens (primary N) is 1. The van der Waals surface area contributed by atoms with E-state index < -0.39 is 17.6 Å². The zero-order chi connectivity index (χ0) is 17.2. The Bertz CT molecular complexity index is 617. The molecule has 3 N–H and O–H groups in total. The van der Waals surface area contributed by atoms with Crippen molar-refractivity contribution in [3.63, 3.8) is 0 Å². The Morgan fingerprint density at radius 2 is 2.13 bits per heavy atom. The van der Waals surface area contributed by atoms with Crippen molar-refractivity contribution in [2.75, 3.05) is 18.8 Å². The number of anilines is 1. The van der Waals surface area contributed by atoms with E-state index in [2.05, 4.69) is 15.3 Å². The number of likely N-dealkylation sites (tertiary alicyclic amines) is 1. The number of nitrogens with one attached hydrogen (secondary N) is 1. The zero-order valence-electron chi connectivity index (χ0n) is 13.3. The maximum Gasteiger partial charge on any atom is 0.410 e. The number of amides is 2. The summed E-state index contributed by atoms with van der Waals surface area (Å²) in [5, 5.41) is 2.81. The van der Waals surface area contributed by atoms with Gasteiger partial charge in [0.2, 0.25) is 0 Å². The van der Waals surface area contributed by atoms with E-state index in [1.165, 1.54) is 6.33 Å². The summed E-state index contributed by atoms with van der Waals surface area (Å²) in [6, 6.07) is -0.192. The van der Waals surface area contributed by atoms with Gasteiger partial charge in [0.25, 0.3) is 5.91 Å². The number of halogens is 1. The lowest BCUT2D eigenvalue weighted by atomic mass is 10.2. The van der Waals surface area contributed by atoms with Crippen molar-refractivity contribution in [3.8, 4) is 0 Å². The molecule has 1 fully saturated rings. The summed E-state index contributed by atoms with van der Waals surface area (Å²) in [6.07, 6.45) is 1.42. The topological polar surface area (TPSA) is 110 Å². The van der Waals surface area contributed by atoms with Gasteiger partial charge >= 0.3 is 6.09 Å². The van der Waals surface area contributed by atoms with Crippen LogP contribution in [0.2, 0.25) is 5.02 Å². The van der Waals surface area contributed by atoms with Crippen LogP contribution < -0.4 is 11.1 Å². The summed E-state index contributed by atoms with van der Waals surface area (Å²) in [4.78, 5) is 33.3. The lowest BCUT2D eigenvalue weighted by Crippen LogP contribution is -2.40. The average molecular weight is 342 g/mol. The highest BCUT2D eigenvalue weighted by Crippen LogP contribution is 2.20. The molecule has 9 heteroatoms. The second kappa shape index (κ2) is 6.57. The van der Waals surface area contributed by atoms with Crippen LogP contribution in [-0.2, 0) is 4.74 Å². The lowest BCUT2D eigenvalue weighted by Gasteiger charge is -2.24. The molecular formula is C14H20ClN5O3. The summed E-state index contributed by atoms with van der Waals surface area (Å²) in [5.74, 6) is -0.395. The summed E-state index contributed by atoms with van der Waals surface area (Å²) in [5.41, 5.74) is 5.03. The molecule has 126 valence electrons. The van der Waals surface area contributed by atoms with E-state index in [1.54, 1.807) is 4.90 Å². The molecule has 1 aromatic rings. The van der Waals surface area contributed by atoms with Gasteiger partial charge < -0.3 is 20.7 Å². The summed E-state index contributed by atoms with van der Waals surface area (Å²) in [6.45, 7) is 6.31.